The molecule has 2 fully saturated rings. The van der Waals surface area contributed by atoms with Gasteiger partial charge in [-0.05, 0) is 31.0 Å². The molecular formula is C15H18BrN3O2. The first-order chi connectivity index (χ1) is 10.1. The van der Waals surface area contributed by atoms with Crippen LogP contribution in [0.2, 0.25) is 0 Å². The van der Waals surface area contributed by atoms with Gasteiger partial charge in [0.2, 0.25) is 11.8 Å². The number of benzene rings is 1. The molecule has 2 amide bonds. The number of amides is 2. The van der Waals surface area contributed by atoms with Gasteiger partial charge in [-0.1, -0.05) is 22.0 Å². The van der Waals surface area contributed by atoms with Crippen LogP contribution in [0.25, 0.3) is 0 Å². The summed E-state index contributed by atoms with van der Waals surface area (Å²) in [5.74, 6) is -0.710. The predicted molar refractivity (Wildman–Crippen MR) is 83.8 cm³/mol. The van der Waals surface area contributed by atoms with Gasteiger partial charge in [0, 0.05) is 35.8 Å². The lowest BCUT2D eigenvalue weighted by atomic mass is 10.1. The maximum Gasteiger partial charge on any atom is 0.239 e. The second-order valence-corrected chi connectivity index (χ2v) is 6.56. The van der Waals surface area contributed by atoms with Crippen LogP contribution in [-0.2, 0) is 9.59 Å². The number of anilines is 1. The molecule has 112 valence electrons. The predicted octanol–water partition coefficient (Wildman–Crippen LogP) is 1.36. The Morgan fingerprint density at radius 1 is 1.29 bits per heavy atom. The summed E-state index contributed by atoms with van der Waals surface area (Å²) in [6, 6.07) is 7.64. The Morgan fingerprint density at radius 3 is 2.76 bits per heavy atom. The first-order valence-corrected chi connectivity index (χ1v) is 7.97. The average Bonchev–Trinajstić information content (AvgIpc) is 3.04. The molecule has 0 aromatic heterocycles. The van der Waals surface area contributed by atoms with Gasteiger partial charge in [0.25, 0.3) is 0 Å². The van der Waals surface area contributed by atoms with Crippen molar-refractivity contribution in [3.63, 3.8) is 0 Å². The van der Waals surface area contributed by atoms with E-state index in [1.807, 2.05) is 24.3 Å². The van der Waals surface area contributed by atoms with Gasteiger partial charge >= 0.3 is 0 Å². The molecule has 6 heteroatoms. The van der Waals surface area contributed by atoms with E-state index in [9.17, 15) is 9.59 Å². The van der Waals surface area contributed by atoms with Gasteiger partial charge in [-0.15, -0.1) is 0 Å². The molecule has 1 aromatic rings. The third-order valence-corrected chi connectivity index (χ3v) is 4.65. The van der Waals surface area contributed by atoms with Crippen molar-refractivity contribution in [1.29, 1.82) is 0 Å². The summed E-state index contributed by atoms with van der Waals surface area (Å²) in [6.07, 6.45) is 1.40. The number of carbonyl (C=O) groups is 2. The molecule has 0 spiro atoms. The van der Waals surface area contributed by atoms with Crippen molar-refractivity contribution in [2.24, 2.45) is 11.7 Å². The van der Waals surface area contributed by atoms with Crippen LogP contribution >= 0.6 is 15.9 Å². The van der Waals surface area contributed by atoms with Gasteiger partial charge in [-0.2, -0.15) is 0 Å². The van der Waals surface area contributed by atoms with Gasteiger partial charge in [-0.3, -0.25) is 9.59 Å². The Bertz CT molecular complexity index is 578. The number of hydrogen-bond donors (Lipinski definition) is 1. The van der Waals surface area contributed by atoms with Crippen LogP contribution in [0, 0.1) is 5.92 Å². The highest BCUT2D eigenvalue weighted by Gasteiger charge is 2.40. The Hall–Kier alpha value is -1.40. The van der Waals surface area contributed by atoms with E-state index in [0.29, 0.717) is 26.1 Å². The van der Waals surface area contributed by atoms with Crippen LogP contribution in [0.15, 0.2) is 28.7 Å². The quantitative estimate of drug-likeness (QED) is 0.818. The molecule has 1 aromatic carbocycles. The van der Waals surface area contributed by atoms with Gasteiger partial charge in [0.05, 0.1) is 0 Å². The molecule has 0 bridgehead atoms. The van der Waals surface area contributed by atoms with Crippen molar-refractivity contribution in [1.82, 2.24) is 4.90 Å². The Morgan fingerprint density at radius 2 is 2.10 bits per heavy atom. The molecule has 0 saturated carbocycles. The van der Waals surface area contributed by atoms with Crippen LogP contribution in [0.1, 0.15) is 12.8 Å². The summed E-state index contributed by atoms with van der Waals surface area (Å²) < 4.78 is 0.924. The molecule has 21 heavy (non-hydrogen) atoms. The van der Waals surface area contributed by atoms with Gasteiger partial charge in [-0.25, -0.2) is 0 Å². The lowest BCUT2D eigenvalue weighted by Gasteiger charge is -2.20. The first kappa shape index (κ1) is 14.5. The van der Waals surface area contributed by atoms with Crippen LogP contribution in [0.3, 0.4) is 0 Å². The van der Waals surface area contributed by atoms with E-state index in [2.05, 4.69) is 15.9 Å². The number of nitrogens with zero attached hydrogens (tertiary/aromatic N) is 2. The molecule has 0 radical (unpaired) electrons. The van der Waals surface area contributed by atoms with Crippen LogP contribution in [0.4, 0.5) is 5.69 Å². The van der Waals surface area contributed by atoms with E-state index in [-0.39, 0.29) is 17.9 Å². The van der Waals surface area contributed by atoms with Crippen molar-refractivity contribution < 1.29 is 9.59 Å². The highest BCUT2D eigenvalue weighted by Crippen LogP contribution is 2.29. The Balaban J connectivity index is 1.73. The van der Waals surface area contributed by atoms with E-state index >= 15 is 0 Å². The van der Waals surface area contributed by atoms with E-state index in [1.54, 1.807) is 9.80 Å². The number of halogens is 1. The standard InChI is InChI=1S/C15H18BrN3O2/c16-10-2-1-3-12(8-10)19-7-5-13(15(19)21)14(20)18-6-4-11(17)9-18/h1-3,8,11,13H,4-7,9,17H2/t11-,13?/m1/s1. The third kappa shape index (κ3) is 2.82. The molecular weight excluding hydrogens is 334 g/mol. The molecule has 1 unspecified atom stereocenters. The monoisotopic (exact) mass is 351 g/mol. The van der Waals surface area contributed by atoms with Crippen LogP contribution in [-0.4, -0.2) is 42.4 Å². The normalized spacial score (nSPS) is 25.7. The van der Waals surface area contributed by atoms with Gasteiger partial charge < -0.3 is 15.5 Å². The molecule has 2 atom stereocenters. The van der Waals surface area contributed by atoms with Crippen molar-refractivity contribution >= 4 is 33.4 Å². The largest absolute Gasteiger partial charge is 0.340 e. The molecule has 2 heterocycles. The van der Waals surface area contributed by atoms with Crippen molar-refractivity contribution in [3.8, 4) is 0 Å². The van der Waals surface area contributed by atoms with Crippen LogP contribution in [0.5, 0.6) is 0 Å². The highest BCUT2D eigenvalue weighted by molar-refractivity contribution is 9.10. The number of hydrogen-bond acceptors (Lipinski definition) is 3. The fourth-order valence-electron chi connectivity index (χ4n) is 3.02. The Labute approximate surface area is 132 Å². The second kappa shape index (κ2) is 5.77. The fraction of sp³-hybridized carbons (Fsp3) is 0.467. The van der Waals surface area contributed by atoms with Crippen molar-refractivity contribution in [2.45, 2.75) is 18.9 Å². The SMILES string of the molecule is N[C@@H]1CCN(C(=O)C2CCN(c3cccc(Br)c3)C2=O)C1. The van der Waals surface area contributed by atoms with Gasteiger partial charge in [0.15, 0.2) is 0 Å². The summed E-state index contributed by atoms with van der Waals surface area (Å²) >= 11 is 3.41. The van der Waals surface area contributed by atoms with E-state index in [1.165, 1.54) is 0 Å². The number of nitrogens with two attached hydrogens (primary N) is 1. The zero-order valence-corrected chi connectivity index (χ0v) is 13.3. The molecule has 3 rings (SSSR count). The van der Waals surface area contributed by atoms with Gasteiger partial charge in [0.1, 0.15) is 5.92 Å². The first-order valence-electron chi connectivity index (χ1n) is 7.17. The summed E-state index contributed by atoms with van der Waals surface area (Å²) in [4.78, 5) is 28.4. The minimum absolute atomic E-state index is 0.0478. The minimum atomic E-state index is -0.547. The second-order valence-electron chi connectivity index (χ2n) is 5.64. The summed E-state index contributed by atoms with van der Waals surface area (Å²) in [6.45, 7) is 1.83. The molecule has 2 aliphatic heterocycles. The zero-order chi connectivity index (χ0) is 15.0. The van der Waals surface area contributed by atoms with E-state index < -0.39 is 5.92 Å². The van der Waals surface area contributed by atoms with E-state index in [4.69, 9.17) is 5.73 Å². The number of rotatable bonds is 2. The smallest absolute Gasteiger partial charge is 0.239 e. The summed E-state index contributed by atoms with van der Waals surface area (Å²) in [5.41, 5.74) is 6.67. The summed E-state index contributed by atoms with van der Waals surface area (Å²) in [7, 11) is 0. The topological polar surface area (TPSA) is 66.6 Å². The molecule has 0 aliphatic carbocycles. The molecule has 2 saturated heterocycles. The lowest BCUT2D eigenvalue weighted by molar-refractivity contribution is -0.139. The fourth-order valence-corrected chi connectivity index (χ4v) is 3.40. The van der Waals surface area contributed by atoms with E-state index in [0.717, 1.165) is 16.6 Å². The van der Waals surface area contributed by atoms with Crippen molar-refractivity contribution in [2.75, 3.05) is 24.5 Å². The maximum absolute atomic E-state index is 12.5. The molecule has 2 N–H and O–H groups in total. The van der Waals surface area contributed by atoms with Crippen molar-refractivity contribution in [3.05, 3.63) is 28.7 Å². The number of carbonyl (C=O) groups excluding carboxylic acids is 2. The maximum atomic E-state index is 12.5. The van der Waals surface area contributed by atoms with Crippen LogP contribution < -0.4 is 10.6 Å². The minimum Gasteiger partial charge on any atom is -0.340 e. The molecule has 5 nitrogen and oxygen atoms in total. The summed E-state index contributed by atoms with van der Waals surface area (Å²) in [5, 5.41) is 0. The third-order valence-electron chi connectivity index (χ3n) is 4.16. The highest BCUT2D eigenvalue weighted by atomic mass is 79.9. The Kier molecular flexibility index (Phi) is 3.99. The molecule has 2 aliphatic rings. The average molecular weight is 352 g/mol. The zero-order valence-electron chi connectivity index (χ0n) is 11.7. The lowest BCUT2D eigenvalue weighted by Crippen LogP contribution is -2.40. The number of likely N-dealkylation sites (tertiary alicyclic amines) is 1.